The summed E-state index contributed by atoms with van der Waals surface area (Å²) in [5.41, 5.74) is 3.39. The first-order valence-electron chi connectivity index (χ1n) is 8.64. The minimum absolute atomic E-state index is 0.234. The Morgan fingerprint density at radius 1 is 1.19 bits per heavy atom. The summed E-state index contributed by atoms with van der Waals surface area (Å²) in [6, 6.07) is 12.5. The van der Waals surface area contributed by atoms with Gasteiger partial charge in [-0.25, -0.2) is 9.18 Å². The van der Waals surface area contributed by atoms with Gasteiger partial charge in [-0.05, 0) is 36.2 Å². The van der Waals surface area contributed by atoms with E-state index in [1.807, 2.05) is 30.3 Å². The first-order chi connectivity index (χ1) is 13.2. The topological polar surface area (TPSA) is 86.0 Å². The number of hydrogen-bond acceptors (Lipinski definition) is 4. The van der Waals surface area contributed by atoms with Crippen LogP contribution in [0, 0.1) is 5.82 Å². The summed E-state index contributed by atoms with van der Waals surface area (Å²) in [7, 11) is 0. The van der Waals surface area contributed by atoms with Gasteiger partial charge in [-0.3, -0.25) is 10.4 Å². The summed E-state index contributed by atoms with van der Waals surface area (Å²) in [5.74, 6) is 0.184. The summed E-state index contributed by atoms with van der Waals surface area (Å²) in [6.07, 6.45) is -0.0208. The third-order valence-corrected chi connectivity index (χ3v) is 4.81. The van der Waals surface area contributed by atoms with Gasteiger partial charge >= 0.3 is 6.09 Å². The highest BCUT2D eigenvalue weighted by atomic mass is 19.1. The highest BCUT2D eigenvalue weighted by molar-refractivity contribution is 5.96. The first kappa shape index (κ1) is 15.8. The molecule has 0 bridgehead atoms. The van der Waals surface area contributed by atoms with Crippen molar-refractivity contribution < 1.29 is 14.0 Å². The minimum atomic E-state index is -0.613. The quantitative estimate of drug-likeness (QED) is 0.505. The number of carbonyl (C=O) groups excluding carboxylic acids is 1. The Morgan fingerprint density at radius 3 is 2.96 bits per heavy atom. The van der Waals surface area contributed by atoms with Crippen LogP contribution in [-0.2, 0) is 17.8 Å². The van der Waals surface area contributed by atoms with Gasteiger partial charge in [0.25, 0.3) is 0 Å². The molecule has 0 atom stereocenters. The fraction of sp³-hybridized carbons (Fsp3) is 0.158. The molecule has 5 rings (SSSR count). The van der Waals surface area contributed by atoms with Crippen LogP contribution in [0.4, 0.5) is 15.0 Å². The number of aromatic nitrogens is 3. The SMILES string of the molecule is O=C(Nc1n[nH]c2ccccc12)ON1CCc2c([nH]c3cccc(F)c23)C1. The summed E-state index contributed by atoms with van der Waals surface area (Å²) in [4.78, 5) is 20.9. The number of halogens is 1. The van der Waals surface area contributed by atoms with Gasteiger partial charge in [-0.15, -0.1) is 5.06 Å². The Morgan fingerprint density at radius 2 is 2.04 bits per heavy atom. The molecule has 1 aliphatic rings. The van der Waals surface area contributed by atoms with Gasteiger partial charge in [0.05, 0.1) is 12.1 Å². The number of carbonyl (C=O) groups is 1. The van der Waals surface area contributed by atoms with E-state index in [4.69, 9.17) is 4.84 Å². The Kier molecular flexibility index (Phi) is 3.58. The summed E-state index contributed by atoms with van der Waals surface area (Å²) >= 11 is 0. The van der Waals surface area contributed by atoms with E-state index in [1.54, 1.807) is 11.1 Å². The molecule has 4 aromatic rings. The van der Waals surface area contributed by atoms with Crippen molar-refractivity contribution in [3.05, 3.63) is 59.5 Å². The highest BCUT2D eigenvalue weighted by Crippen LogP contribution is 2.29. The number of nitrogens with one attached hydrogen (secondary N) is 3. The number of para-hydroxylation sites is 1. The number of nitrogens with zero attached hydrogens (tertiary/aromatic N) is 2. The molecule has 3 heterocycles. The molecule has 0 fully saturated rings. The van der Waals surface area contributed by atoms with Crippen molar-refractivity contribution in [1.82, 2.24) is 20.2 Å². The molecule has 2 aromatic carbocycles. The van der Waals surface area contributed by atoms with Crippen LogP contribution in [0.1, 0.15) is 11.3 Å². The average molecular weight is 365 g/mol. The average Bonchev–Trinajstić information content (AvgIpc) is 3.23. The highest BCUT2D eigenvalue weighted by Gasteiger charge is 2.25. The zero-order chi connectivity index (χ0) is 18.4. The minimum Gasteiger partial charge on any atom is -0.357 e. The molecule has 8 heteroatoms. The van der Waals surface area contributed by atoms with Crippen LogP contribution in [0.15, 0.2) is 42.5 Å². The molecule has 0 saturated heterocycles. The third kappa shape index (κ3) is 2.70. The van der Waals surface area contributed by atoms with E-state index in [-0.39, 0.29) is 5.82 Å². The smallest absolute Gasteiger partial charge is 0.357 e. The molecule has 3 N–H and O–H groups in total. The normalized spacial score (nSPS) is 14.4. The van der Waals surface area contributed by atoms with Crippen LogP contribution in [-0.4, -0.2) is 32.9 Å². The number of rotatable bonds is 2. The van der Waals surface area contributed by atoms with Crippen LogP contribution < -0.4 is 5.32 Å². The number of H-pyrrole nitrogens is 2. The van der Waals surface area contributed by atoms with Gasteiger partial charge in [0.15, 0.2) is 5.82 Å². The molecule has 1 aliphatic heterocycles. The van der Waals surface area contributed by atoms with E-state index in [9.17, 15) is 9.18 Å². The third-order valence-electron chi connectivity index (χ3n) is 4.81. The maximum atomic E-state index is 14.1. The standard InChI is InChI=1S/C19H16FN5O2/c20-13-5-3-7-15-17(13)11-8-9-25(10-16(11)21-15)27-19(26)22-18-12-4-1-2-6-14(12)23-24-18/h1-7,21H,8-10H2,(H2,22,23,24,26). The van der Waals surface area contributed by atoms with Gasteiger partial charge < -0.3 is 9.82 Å². The van der Waals surface area contributed by atoms with E-state index in [0.29, 0.717) is 30.7 Å². The fourth-order valence-electron chi connectivity index (χ4n) is 3.60. The molecule has 7 nitrogen and oxygen atoms in total. The van der Waals surface area contributed by atoms with Crippen LogP contribution >= 0.6 is 0 Å². The molecule has 2 aromatic heterocycles. The number of anilines is 1. The lowest BCUT2D eigenvalue weighted by Crippen LogP contribution is -2.34. The monoisotopic (exact) mass is 365 g/mol. The first-order valence-corrected chi connectivity index (χ1v) is 8.64. The van der Waals surface area contributed by atoms with Crippen molar-refractivity contribution in [2.45, 2.75) is 13.0 Å². The number of fused-ring (bicyclic) bond motifs is 4. The second-order valence-electron chi connectivity index (χ2n) is 6.48. The number of amides is 1. The number of hydrogen-bond donors (Lipinski definition) is 3. The van der Waals surface area contributed by atoms with Gasteiger partial charge in [0.2, 0.25) is 0 Å². The summed E-state index contributed by atoms with van der Waals surface area (Å²) in [6.45, 7) is 0.862. The van der Waals surface area contributed by atoms with Gasteiger partial charge in [0.1, 0.15) is 5.82 Å². The van der Waals surface area contributed by atoms with Gasteiger partial charge in [-0.1, -0.05) is 18.2 Å². The van der Waals surface area contributed by atoms with Crippen molar-refractivity contribution in [3.8, 4) is 0 Å². The lowest BCUT2D eigenvalue weighted by atomic mass is 10.0. The summed E-state index contributed by atoms with van der Waals surface area (Å²) in [5, 5.41) is 12.6. The van der Waals surface area contributed by atoms with Gasteiger partial charge in [-0.2, -0.15) is 5.10 Å². The second-order valence-corrected chi connectivity index (χ2v) is 6.48. The van der Waals surface area contributed by atoms with Crippen molar-refractivity contribution in [1.29, 1.82) is 0 Å². The largest absolute Gasteiger partial charge is 0.432 e. The van der Waals surface area contributed by atoms with E-state index in [1.165, 1.54) is 6.07 Å². The molecular formula is C19H16FN5O2. The zero-order valence-corrected chi connectivity index (χ0v) is 14.3. The Bertz CT molecular complexity index is 1170. The lowest BCUT2D eigenvalue weighted by Gasteiger charge is -2.25. The Balaban J connectivity index is 1.31. The van der Waals surface area contributed by atoms with Crippen molar-refractivity contribution >= 4 is 33.7 Å². The van der Waals surface area contributed by atoms with E-state index < -0.39 is 6.09 Å². The summed E-state index contributed by atoms with van der Waals surface area (Å²) < 4.78 is 14.1. The number of hydroxylamine groups is 2. The Labute approximate surface area is 153 Å². The molecular weight excluding hydrogens is 349 g/mol. The molecule has 0 unspecified atom stereocenters. The molecule has 0 spiro atoms. The zero-order valence-electron chi connectivity index (χ0n) is 14.3. The molecule has 136 valence electrons. The molecule has 1 amide bonds. The maximum Gasteiger partial charge on any atom is 0.432 e. The van der Waals surface area contributed by atoms with Gasteiger partial charge in [0, 0.05) is 28.5 Å². The lowest BCUT2D eigenvalue weighted by molar-refractivity contribution is -0.106. The van der Waals surface area contributed by atoms with Crippen LogP contribution in [0.3, 0.4) is 0 Å². The molecule has 27 heavy (non-hydrogen) atoms. The molecule has 0 radical (unpaired) electrons. The fourth-order valence-corrected chi connectivity index (χ4v) is 3.60. The predicted octanol–water partition coefficient (Wildman–Crippen LogP) is 3.71. The molecule has 0 aliphatic carbocycles. The van der Waals surface area contributed by atoms with Crippen molar-refractivity contribution in [2.75, 3.05) is 11.9 Å². The predicted molar refractivity (Wildman–Crippen MR) is 98.6 cm³/mol. The Hall–Kier alpha value is -3.39. The van der Waals surface area contributed by atoms with Crippen LogP contribution in [0.25, 0.3) is 21.8 Å². The van der Waals surface area contributed by atoms with Crippen LogP contribution in [0.2, 0.25) is 0 Å². The van der Waals surface area contributed by atoms with Crippen molar-refractivity contribution in [3.63, 3.8) is 0 Å². The van der Waals surface area contributed by atoms with E-state index in [2.05, 4.69) is 20.5 Å². The van der Waals surface area contributed by atoms with Crippen molar-refractivity contribution in [2.24, 2.45) is 0 Å². The number of benzene rings is 2. The molecule has 0 saturated carbocycles. The van der Waals surface area contributed by atoms with Crippen LogP contribution in [0.5, 0.6) is 0 Å². The number of aromatic amines is 2. The van der Waals surface area contributed by atoms with E-state index >= 15 is 0 Å². The van der Waals surface area contributed by atoms with E-state index in [0.717, 1.165) is 27.7 Å². The second kappa shape index (κ2) is 6.10. The maximum absolute atomic E-state index is 14.1.